The lowest BCUT2D eigenvalue weighted by Gasteiger charge is -2.30. The summed E-state index contributed by atoms with van der Waals surface area (Å²) in [5.41, 5.74) is 1.42. The van der Waals surface area contributed by atoms with E-state index in [4.69, 9.17) is 0 Å². The summed E-state index contributed by atoms with van der Waals surface area (Å²) in [6.07, 6.45) is 7.16. The van der Waals surface area contributed by atoms with Crippen molar-refractivity contribution in [3.63, 3.8) is 0 Å². The number of nitrogens with zero attached hydrogens (tertiary/aromatic N) is 2. The van der Waals surface area contributed by atoms with Crippen LogP contribution in [0.1, 0.15) is 42.9 Å². The van der Waals surface area contributed by atoms with Crippen LogP contribution < -0.4 is 0 Å². The number of Topliss-reactive ketones (excluding diaryl/α,β-unsaturated/α-hetero) is 1. The molecule has 1 saturated carbocycles. The van der Waals surface area contributed by atoms with Crippen LogP contribution in [0.15, 0.2) is 72.6 Å². The maximum absolute atomic E-state index is 13.1. The summed E-state index contributed by atoms with van der Waals surface area (Å²) in [6, 6.07) is 16.4. The van der Waals surface area contributed by atoms with Gasteiger partial charge in [0.1, 0.15) is 5.76 Å². The van der Waals surface area contributed by atoms with Crippen molar-refractivity contribution in [2.24, 2.45) is 0 Å². The van der Waals surface area contributed by atoms with Gasteiger partial charge in [-0.15, -0.1) is 0 Å². The van der Waals surface area contributed by atoms with E-state index >= 15 is 0 Å². The van der Waals surface area contributed by atoms with E-state index in [1.807, 2.05) is 42.5 Å². The van der Waals surface area contributed by atoms with E-state index in [9.17, 15) is 14.7 Å². The number of hydrogen-bond acceptors (Lipinski definition) is 4. The Bertz CT molecular complexity index is 1160. The fourth-order valence-electron chi connectivity index (χ4n) is 4.77. The number of ketones is 1. The highest BCUT2D eigenvalue weighted by Gasteiger charge is 2.49. The maximum Gasteiger partial charge on any atom is 0.295 e. The van der Waals surface area contributed by atoms with Crippen LogP contribution in [0.2, 0.25) is 0 Å². The first-order valence-corrected chi connectivity index (χ1v) is 10.3. The molecule has 3 aromatic rings. The molecular weight excluding hydrogens is 376 g/mol. The molecule has 0 spiro atoms. The zero-order valence-electron chi connectivity index (χ0n) is 16.5. The minimum Gasteiger partial charge on any atom is -0.507 e. The van der Waals surface area contributed by atoms with Gasteiger partial charge in [-0.3, -0.25) is 14.6 Å². The molecule has 1 saturated heterocycles. The van der Waals surface area contributed by atoms with Crippen molar-refractivity contribution < 1.29 is 14.7 Å². The second kappa shape index (κ2) is 7.41. The Labute approximate surface area is 174 Å². The Hall–Kier alpha value is -3.47. The van der Waals surface area contributed by atoms with Crippen molar-refractivity contribution in [1.29, 1.82) is 0 Å². The van der Waals surface area contributed by atoms with Gasteiger partial charge in [0.05, 0.1) is 11.6 Å². The number of rotatable bonds is 3. The van der Waals surface area contributed by atoms with Crippen molar-refractivity contribution in [3.8, 4) is 0 Å². The van der Waals surface area contributed by atoms with Gasteiger partial charge in [-0.1, -0.05) is 55.3 Å². The van der Waals surface area contributed by atoms with E-state index < -0.39 is 17.7 Å². The molecule has 1 atom stereocenters. The molecule has 150 valence electrons. The van der Waals surface area contributed by atoms with Crippen molar-refractivity contribution in [2.75, 3.05) is 0 Å². The Morgan fingerprint density at radius 3 is 2.47 bits per heavy atom. The lowest BCUT2D eigenvalue weighted by Crippen LogP contribution is -2.37. The van der Waals surface area contributed by atoms with Gasteiger partial charge >= 0.3 is 0 Å². The van der Waals surface area contributed by atoms with Crippen LogP contribution in [0.25, 0.3) is 16.5 Å². The van der Waals surface area contributed by atoms with Crippen molar-refractivity contribution in [2.45, 2.75) is 37.8 Å². The largest absolute Gasteiger partial charge is 0.507 e. The average Bonchev–Trinajstić information content (AvgIpc) is 3.40. The number of carbonyl (C=O) groups is 2. The first-order chi connectivity index (χ1) is 14.6. The molecule has 1 amide bonds. The number of likely N-dealkylation sites (tertiary alicyclic amines) is 1. The molecule has 2 fully saturated rings. The second-order valence-corrected chi connectivity index (χ2v) is 7.99. The Morgan fingerprint density at radius 1 is 0.967 bits per heavy atom. The molecule has 5 nitrogen and oxygen atoms in total. The number of aliphatic hydroxyl groups excluding tert-OH is 1. The molecule has 2 heterocycles. The number of benzene rings is 2. The van der Waals surface area contributed by atoms with Gasteiger partial charge in [-0.05, 0) is 41.3 Å². The van der Waals surface area contributed by atoms with Crippen molar-refractivity contribution in [1.82, 2.24) is 9.88 Å². The first-order valence-electron chi connectivity index (χ1n) is 10.3. The molecule has 1 aromatic heterocycles. The molecule has 5 heteroatoms. The summed E-state index contributed by atoms with van der Waals surface area (Å²) in [4.78, 5) is 32.0. The molecular formula is C25H22N2O3. The Balaban J connectivity index is 1.68. The normalized spacial score (nSPS) is 21.6. The summed E-state index contributed by atoms with van der Waals surface area (Å²) in [7, 11) is 0. The second-order valence-electron chi connectivity index (χ2n) is 7.99. The third-order valence-electron chi connectivity index (χ3n) is 6.22. The van der Waals surface area contributed by atoms with E-state index in [2.05, 4.69) is 4.98 Å². The molecule has 5 rings (SSSR count). The molecule has 30 heavy (non-hydrogen) atoms. The highest BCUT2D eigenvalue weighted by Crippen LogP contribution is 2.43. The molecule has 1 unspecified atom stereocenters. The molecule has 0 bridgehead atoms. The van der Waals surface area contributed by atoms with Crippen LogP contribution >= 0.6 is 0 Å². The van der Waals surface area contributed by atoms with Crippen LogP contribution in [0.5, 0.6) is 0 Å². The minimum atomic E-state index is -0.624. The van der Waals surface area contributed by atoms with Crippen LogP contribution in [0, 0.1) is 0 Å². The summed E-state index contributed by atoms with van der Waals surface area (Å²) >= 11 is 0. The SMILES string of the molecule is O=C1C(=O)N(C2CCCC2)C(c2cccnc2)/C1=C(/O)c1ccc2ccccc2c1. The predicted molar refractivity (Wildman–Crippen MR) is 115 cm³/mol. The molecule has 1 aliphatic carbocycles. The molecule has 0 radical (unpaired) electrons. The van der Waals surface area contributed by atoms with Gasteiger partial charge in [0.2, 0.25) is 0 Å². The number of hydrogen-bond donors (Lipinski definition) is 1. The maximum atomic E-state index is 13.1. The number of aliphatic hydroxyl groups is 1. The summed E-state index contributed by atoms with van der Waals surface area (Å²) in [5.74, 6) is -1.28. The fraction of sp³-hybridized carbons (Fsp3) is 0.240. The number of aromatic nitrogens is 1. The van der Waals surface area contributed by atoms with Crippen molar-refractivity contribution in [3.05, 3.63) is 83.7 Å². The third kappa shape index (κ3) is 2.98. The lowest BCUT2D eigenvalue weighted by molar-refractivity contribution is -0.141. The van der Waals surface area contributed by atoms with Crippen LogP contribution in [0.4, 0.5) is 0 Å². The Morgan fingerprint density at radius 2 is 1.73 bits per heavy atom. The minimum absolute atomic E-state index is 0.00793. The smallest absolute Gasteiger partial charge is 0.295 e. The quantitative estimate of drug-likeness (QED) is 0.398. The predicted octanol–water partition coefficient (Wildman–Crippen LogP) is 4.60. The summed E-state index contributed by atoms with van der Waals surface area (Å²) in [6.45, 7) is 0. The van der Waals surface area contributed by atoms with Crippen LogP contribution in [-0.2, 0) is 9.59 Å². The van der Waals surface area contributed by atoms with Crippen LogP contribution in [-0.4, -0.2) is 32.7 Å². The van der Waals surface area contributed by atoms with Gasteiger partial charge in [0.25, 0.3) is 11.7 Å². The summed E-state index contributed by atoms with van der Waals surface area (Å²) in [5, 5.41) is 13.2. The number of fused-ring (bicyclic) bond motifs is 1. The number of carbonyl (C=O) groups excluding carboxylic acids is 2. The molecule has 1 N–H and O–H groups in total. The number of pyridine rings is 1. The van der Waals surface area contributed by atoms with Gasteiger partial charge in [0, 0.05) is 24.0 Å². The fourth-order valence-corrected chi connectivity index (χ4v) is 4.77. The molecule has 1 aliphatic heterocycles. The van der Waals surface area contributed by atoms with E-state index in [0.717, 1.165) is 42.0 Å². The standard InChI is InChI=1S/C25H22N2O3/c28-23(18-12-11-16-6-1-2-7-17(16)14-18)21-22(19-8-5-13-26-15-19)27(25(30)24(21)29)20-9-3-4-10-20/h1-2,5-8,11-15,20,22,28H,3-4,9-10H2/b23-21-. The zero-order chi connectivity index (χ0) is 20.7. The third-order valence-corrected chi connectivity index (χ3v) is 6.22. The molecule has 2 aromatic carbocycles. The van der Waals surface area contributed by atoms with Crippen LogP contribution in [0.3, 0.4) is 0 Å². The van der Waals surface area contributed by atoms with Crippen molar-refractivity contribution >= 4 is 28.2 Å². The monoisotopic (exact) mass is 398 g/mol. The highest BCUT2D eigenvalue weighted by atomic mass is 16.3. The summed E-state index contributed by atoms with van der Waals surface area (Å²) < 4.78 is 0. The van der Waals surface area contributed by atoms with Gasteiger partial charge < -0.3 is 10.0 Å². The van der Waals surface area contributed by atoms with Gasteiger partial charge in [0.15, 0.2) is 0 Å². The number of amides is 1. The Kier molecular flexibility index (Phi) is 4.58. The van der Waals surface area contributed by atoms with E-state index in [-0.39, 0.29) is 17.4 Å². The van der Waals surface area contributed by atoms with E-state index in [0.29, 0.717) is 5.56 Å². The van der Waals surface area contributed by atoms with Gasteiger partial charge in [-0.2, -0.15) is 0 Å². The first kappa shape index (κ1) is 18.6. The van der Waals surface area contributed by atoms with Gasteiger partial charge in [-0.25, -0.2) is 0 Å². The van der Waals surface area contributed by atoms with E-state index in [1.165, 1.54) is 0 Å². The topological polar surface area (TPSA) is 70.5 Å². The van der Waals surface area contributed by atoms with E-state index in [1.54, 1.807) is 29.4 Å². The zero-order valence-corrected chi connectivity index (χ0v) is 16.5. The highest BCUT2D eigenvalue weighted by molar-refractivity contribution is 6.46. The lowest BCUT2D eigenvalue weighted by atomic mass is 9.95. The molecule has 2 aliphatic rings. The average molecular weight is 398 g/mol.